The van der Waals surface area contributed by atoms with Gasteiger partial charge in [0.05, 0.1) is 0 Å². The summed E-state index contributed by atoms with van der Waals surface area (Å²) in [6, 6.07) is 10.7. The van der Waals surface area contributed by atoms with Crippen molar-refractivity contribution >= 4 is 11.7 Å². The summed E-state index contributed by atoms with van der Waals surface area (Å²) in [6.45, 7) is 4.86. The van der Waals surface area contributed by atoms with Crippen LogP contribution in [-0.2, 0) is 4.74 Å². The molecule has 1 N–H and O–H groups in total. The average molecular weight is 289 g/mol. The van der Waals surface area contributed by atoms with Crippen molar-refractivity contribution in [2.24, 2.45) is 0 Å². The van der Waals surface area contributed by atoms with Crippen molar-refractivity contribution < 1.29 is 9.53 Å². The third-order valence-corrected chi connectivity index (χ3v) is 4.24. The molecule has 2 aliphatic rings. The van der Waals surface area contributed by atoms with E-state index in [1.807, 2.05) is 11.0 Å². The number of hydrogen-bond acceptors (Lipinski definition) is 3. The number of hydrogen-bond donors (Lipinski definition) is 1. The van der Waals surface area contributed by atoms with Crippen molar-refractivity contribution in [3.63, 3.8) is 0 Å². The number of rotatable bonds is 2. The lowest BCUT2D eigenvalue weighted by Crippen LogP contribution is -2.54. The molecule has 0 aliphatic carbocycles. The van der Waals surface area contributed by atoms with E-state index in [9.17, 15) is 4.79 Å². The highest BCUT2D eigenvalue weighted by Crippen LogP contribution is 2.16. The van der Waals surface area contributed by atoms with Gasteiger partial charge in [0.25, 0.3) is 0 Å². The van der Waals surface area contributed by atoms with Gasteiger partial charge in [0.2, 0.25) is 0 Å². The first-order valence-electron chi connectivity index (χ1n) is 7.76. The van der Waals surface area contributed by atoms with E-state index in [2.05, 4.69) is 34.5 Å². The van der Waals surface area contributed by atoms with E-state index >= 15 is 0 Å². The minimum atomic E-state index is 0.0783. The summed E-state index contributed by atoms with van der Waals surface area (Å²) in [5.41, 5.74) is 1.24. The summed E-state index contributed by atoms with van der Waals surface area (Å²) in [7, 11) is 0. The molecule has 2 aliphatic heterocycles. The van der Waals surface area contributed by atoms with E-state index in [0.29, 0.717) is 0 Å². The Morgan fingerprint density at radius 2 is 1.71 bits per heavy atom. The fourth-order valence-corrected chi connectivity index (χ4v) is 2.91. The van der Waals surface area contributed by atoms with Crippen molar-refractivity contribution in [2.75, 3.05) is 44.3 Å². The Morgan fingerprint density at radius 3 is 2.38 bits per heavy atom. The maximum absolute atomic E-state index is 12.3. The highest BCUT2D eigenvalue weighted by Gasteiger charge is 2.23. The summed E-state index contributed by atoms with van der Waals surface area (Å²) in [5, 5.41) is 3.13. The second-order valence-electron chi connectivity index (χ2n) is 5.65. The number of carbonyl (C=O) groups excluding carboxylic acids is 1. The summed E-state index contributed by atoms with van der Waals surface area (Å²) in [4.78, 5) is 16.5. The molecule has 0 radical (unpaired) electrons. The smallest absolute Gasteiger partial charge is 0.317 e. The fourth-order valence-electron chi connectivity index (χ4n) is 2.91. The van der Waals surface area contributed by atoms with Gasteiger partial charge in [-0.25, -0.2) is 4.79 Å². The first-order chi connectivity index (χ1) is 10.3. The molecule has 2 saturated heterocycles. The zero-order valence-corrected chi connectivity index (χ0v) is 12.3. The van der Waals surface area contributed by atoms with Gasteiger partial charge in [-0.05, 0) is 25.0 Å². The summed E-state index contributed by atoms with van der Waals surface area (Å²) in [6.07, 6.45) is 1.85. The van der Waals surface area contributed by atoms with Crippen LogP contribution >= 0.6 is 0 Å². The second kappa shape index (κ2) is 6.80. The van der Waals surface area contributed by atoms with Gasteiger partial charge in [-0.3, -0.25) is 0 Å². The maximum atomic E-state index is 12.3. The number of ether oxygens (including phenoxy) is 1. The molecule has 0 aromatic heterocycles. The van der Waals surface area contributed by atoms with Crippen LogP contribution in [0.4, 0.5) is 10.5 Å². The Kier molecular flexibility index (Phi) is 4.60. The Labute approximate surface area is 125 Å². The van der Waals surface area contributed by atoms with Crippen LogP contribution in [0.1, 0.15) is 12.8 Å². The van der Waals surface area contributed by atoms with Crippen LogP contribution in [-0.4, -0.2) is 56.4 Å². The molecule has 114 valence electrons. The van der Waals surface area contributed by atoms with Gasteiger partial charge in [0.1, 0.15) is 0 Å². The third-order valence-electron chi connectivity index (χ3n) is 4.24. The van der Waals surface area contributed by atoms with Crippen molar-refractivity contribution in [1.29, 1.82) is 0 Å². The molecule has 0 spiro atoms. The van der Waals surface area contributed by atoms with E-state index in [0.717, 1.165) is 52.2 Å². The molecular formula is C16H23N3O2. The fraction of sp³-hybridized carbons (Fsp3) is 0.562. The topological polar surface area (TPSA) is 44.8 Å². The van der Waals surface area contributed by atoms with Crippen molar-refractivity contribution in [2.45, 2.75) is 18.9 Å². The monoisotopic (exact) mass is 289 g/mol. The Bertz CT molecular complexity index is 452. The molecule has 1 aromatic rings. The first kappa shape index (κ1) is 14.2. The second-order valence-corrected chi connectivity index (χ2v) is 5.65. The van der Waals surface area contributed by atoms with Gasteiger partial charge in [-0.1, -0.05) is 18.2 Å². The van der Waals surface area contributed by atoms with Crippen LogP contribution in [0.15, 0.2) is 30.3 Å². The highest BCUT2D eigenvalue weighted by molar-refractivity contribution is 5.75. The zero-order valence-electron chi connectivity index (χ0n) is 12.3. The Balaban J connectivity index is 1.47. The van der Waals surface area contributed by atoms with Gasteiger partial charge in [0.15, 0.2) is 0 Å². The standard InChI is InChI=1S/C16H23N3O2/c20-16(17-14-6-12-21-13-7-14)19-10-8-18(9-11-19)15-4-2-1-3-5-15/h1-5,14H,6-13H2,(H,17,20). The minimum absolute atomic E-state index is 0.0783. The highest BCUT2D eigenvalue weighted by atomic mass is 16.5. The van der Waals surface area contributed by atoms with E-state index in [-0.39, 0.29) is 12.1 Å². The van der Waals surface area contributed by atoms with E-state index in [4.69, 9.17) is 4.74 Å². The van der Waals surface area contributed by atoms with Gasteiger partial charge in [-0.15, -0.1) is 0 Å². The number of anilines is 1. The molecule has 0 atom stereocenters. The van der Waals surface area contributed by atoms with Crippen molar-refractivity contribution in [1.82, 2.24) is 10.2 Å². The molecule has 2 heterocycles. The first-order valence-corrected chi connectivity index (χ1v) is 7.76. The van der Waals surface area contributed by atoms with Crippen LogP contribution < -0.4 is 10.2 Å². The molecule has 0 bridgehead atoms. The van der Waals surface area contributed by atoms with Gasteiger partial charge >= 0.3 is 6.03 Å². The predicted octanol–water partition coefficient (Wildman–Crippen LogP) is 1.70. The lowest BCUT2D eigenvalue weighted by atomic mass is 10.1. The normalized spacial score (nSPS) is 20.4. The molecule has 3 rings (SSSR count). The largest absolute Gasteiger partial charge is 0.381 e. The molecule has 0 saturated carbocycles. The number of para-hydroxylation sites is 1. The average Bonchev–Trinajstić information content (AvgIpc) is 2.57. The van der Waals surface area contributed by atoms with E-state index in [1.54, 1.807) is 0 Å². The van der Waals surface area contributed by atoms with Crippen molar-refractivity contribution in [3.05, 3.63) is 30.3 Å². The molecule has 2 fully saturated rings. The van der Waals surface area contributed by atoms with Crippen LogP contribution in [0, 0.1) is 0 Å². The van der Waals surface area contributed by atoms with Gasteiger partial charge in [0, 0.05) is 51.1 Å². The third kappa shape index (κ3) is 3.67. The summed E-state index contributed by atoms with van der Waals surface area (Å²) < 4.78 is 5.32. The molecular weight excluding hydrogens is 266 g/mol. The molecule has 5 nitrogen and oxygen atoms in total. The summed E-state index contributed by atoms with van der Waals surface area (Å²) >= 11 is 0. The quantitative estimate of drug-likeness (QED) is 0.901. The SMILES string of the molecule is O=C(NC1CCOCC1)N1CCN(c2ccccc2)CC1. The molecule has 5 heteroatoms. The number of nitrogens with zero attached hydrogens (tertiary/aromatic N) is 2. The Morgan fingerprint density at radius 1 is 1.05 bits per heavy atom. The van der Waals surface area contributed by atoms with E-state index in [1.165, 1.54) is 5.69 Å². The molecule has 0 unspecified atom stereocenters. The number of amides is 2. The van der Waals surface area contributed by atoms with Crippen molar-refractivity contribution in [3.8, 4) is 0 Å². The van der Waals surface area contributed by atoms with Crippen LogP contribution in [0.25, 0.3) is 0 Å². The Hall–Kier alpha value is -1.75. The molecule has 21 heavy (non-hydrogen) atoms. The van der Waals surface area contributed by atoms with Crippen LogP contribution in [0.5, 0.6) is 0 Å². The van der Waals surface area contributed by atoms with Crippen LogP contribution in [0.2, 0.25) is 0 Å². The number of benzene rings is 1. The minimum Gasteiger partial charge on any atom is -0.381 e. The number of nitrogens with one attached hydrogen (secondary N) is 1. The summed E-state index contributed by atoms with van der Waals surface area (Å²) in [5.74, 6) is 0. The van der Waals surface area contributed by atoms with Gasteiger partial charge < -0.3 is 19.9 Å². The lowest BCUT2D eigenvalue weighted by Gasteiger charge is -2.37. The number of carbonyl (C=O) groups is 1. The number of urea groups is 1. The predicted molar refractivity (Wildman–Crippen MR) is 82.6 cm³/mol. The zero-order chi connectivity index (χ0) is 14.5. The molecule has 2 amide bonds. The number of piperazine rings is 1. The van der Waals surface area contributed by atoms with Gasteiger partial charge in [-0.2, -0.15) is 0 Å². The maximum Gasteiger partial charge on any atom is 0.317 e. The van der Waals surface area contributed by atoms with E-state index < -0.39 is 0 Å². The lowest BCUT2D eigenvalue weighted by molar-refractivity contribution is 0.0779. The molecule has 1 aromatic carbocycles. The van der Waals surface area contributed by atoms with Crippen LogP contribution in [0.3, 0.4) is 0 Å².